The molecular weight excluding hydrogens is 456 g/mol. The molecule has 3 aromatic rings. The molecule has 36 heavy (non-hydrogen) atoms. The van der Waals surface area contributed by atoms with Crippen molar-refractivity contribution in [3.05, 3.63) is 59.5 Å². The van der Waals surface area contributed by atoms with Crippen LogP contribution in [0.25, 0.3) is 11.4 Å². The molecule has 1 fully saturated rings. The number of carbonyl (C=O) groups excluding carboxylic acids is 1. The third-order valence-electron chi connectivity index (χ3n) is 7.00. The highest BCUT2D eigenvalue weighted by atomic mass is 16.5. The van der Waals surface area contributed by atoms with Crippen molar-refractivity contribution in [2.75, 3.05) is 20.2 Å². The zero-order valence-electron chi connectivity index (χ0n) is 21.4. The minimum absolute atomic E-state index is 0.0713. The number of ether oxygens (including phenoxy) is 2. The molecule has 8 heteroatoms. The second-order valence-electron chi connectivity index (χ2n) is 10.5. The second-order valence-corrected chi connectivity index (χ2v) is 10.5. The van der Waals surface area contributed by atoms with E-state index in [9.17, 15) is 4.79 Å². The van der Waals surface area contributed by atoms with E-state index in [1.165, 1.54) is 5.56 Å². The number of likely N-dealkylation sites (tertiary alicyclic amines) is 1. The van der Waals surface area contributed by atoms with E-state index in [4.69, 9.17) is 14.0 Å². The molecule has 0 aliphatic carbocycles. The van der Waals surface area contributed by atoms with E-state index >= 15 is 0 Å². The summed E-state index contributed by atoms with van der Waals surface area (Å²) in [7, 11) is 1.65. The van der Waals surface area contributed by atoms with Crippen molar-refractivity contribution in [3.8, 4) is 22.9 Å². The number of piperidine rings is 1. The Labute approximate surface area is 212 Å². The van der Waals surface area contributed by atoms with Crippen LogP contribution in [0, 0.1) is 12.8 Å². The molecule has 1 saturated heterocycles. The summed E-state index contributed by atoms with van der Waals surface area (Å²) < 4.78 is 17.1. The van der Waals surface area contributed by atoms with Gasteiger partial charge in [0.2, 0.25) is 17.6 Å². The lowest BCUT2D eigenvalue weighted by Crippen LogP contribution is -2.46. The molecule has 0 spiro atoms. The zero-order valence-corrected chi connectivity index (χ0v) is 21.4. The first kappa shape index (κ1) is 24.3. The van der Waals surface area contributed by atoms with E-state index < -0.39 is 0 Å². The van der Waals surface area contributed by atoms with Gasteiger partial charge in [-0.3, -0.25) is 9.69 Å². The Morgan fingerprint density at radius 3 is 2.81 bits per heavy atom. The van der Waals surface area contributed by atoms with Crippen molar-refractivity contribution < 1.29 is 18.8 Å². The number of hydrogen-bond donors (Lipinski definition) is 1. The molecule has 0 bridgehead atoms. The van der Waals surface area contributed by atoms with Gasteiger partial charge in [-0.15, -0.1) is 0 Å². The van der Waals surface area contributed by atoms with Gasteiger partial charge < -0.3 is 19.3 Å². The number of rotatable bonds is 6. The summed E-state index contributed by atoms with van der Waals surface area (Å²) >= 11 is 0. The van der Waals surface area contributed by atoms with Crippen LogP contribution in [-0.2, 0) is 11.3 Å². The van der Waals surface area contributed by atoms with Crippen molar-refractivity contribution in [1.29, 1.82) is 0 Å². The summed E-state index contributed by atoms with van der Waals surface area (Å²) in [4.78, 5) is 20.2. The van der Waals surface area contributed by atoms with Crippen LogP contribution in [-0.4, -0.2) is 46.7 Å². The Hall–Kier alpha value is -3.39. The molecular formula is C28H34N4O4. The Kier molecular flexibility index (Phi) is 6.71. The molecule has 0 saturated carbocycles. The van der Waals surface area contributed by atoms with E-state index in [1.807, 2.05) is 49.4 Å². The van der Waals surface area contributed by atoms with Gasteiger partial charge in [0.05, 0.1) is 25.6 Å². The van der Waals surface area contributed by atoms with Crippen molar-refractivity contribution in [3.63, 3.8) is 0 Å². The van der Waals surface area contributed by atoms with Crippen LogP contribution in [0.5, 0.6) is 11.5 Å². The minimum Gasteiger partial charge on any atom is -0.497 e. The minimum atomic E-state index is -0.370. The Morgan fingerprint density at radius 2 is 2.03 bits per heavy atom. The number of amides is 1. The Morgan fingerprint density at radius 1 is 1.22 bits per heavy atom. The van der Waals surface area contributed by atoms with E-state index in [0.29, 0.717) is 31.2 Å². The highest BCUT2D eigenvalue weighted by Gasteiger charge is 2.36. The number of nitrogens with one attached hydrogen (secondary N) is 1. The van der Waals surface area contributed by atoms with E-state index in [0.717, 1.165) is 42.0 Å². The number of nitrogens with zero attached hydrogens (tertiary/aromatic N) is 3. The Bertz CT molecular complexity index is 1220. The number of fused-ring (bicyclic) bond motifs is 1. The lowest BCUT2D eigenvalue weighted by atomic mass is 9.88. The monoisotopic (exact) mass is 490 g/mol. The second kappa shape index (κ2) is 9.93. The fraction of sp³-hybridized carbons (Fsp3) is 0.464. The first-order chi connectivity index (χ1) is 17.3. The Balaban J connectivity index is 1.24. The fourth-order valence-corrected chi connectivity index (χ4v) is 5.12. The molecule has 2 unspecified atom stereocenters. The average Bonchev–Trinajstić information content (AvgIpc) is 3.32. The summed E-state index contributed by atoms with van der Waals surface area (Å²) in [6.45, 7) is 8.25. The van der Waals surface area contributed by atoms with E-state index in [2.05, 4.69) is 34.2 Å². The molecule has 3 heterocycles. The van der Waals surface area contributed by atoms with Crippen LogP contribution < -0.4 is 14.8 Å². The van der Waals surface area contributed by atoms with Gasteiger partial charge >= 0.3 is 0 Å². The van der Waals surface area contributed by atoms with Crippen molar-refractivity contribution in [2.24, 2.45) is 5.92 Å². The normalized spacial score (nSPS) is 21.3. The van der Waals surface area contributed by atoms with Crippen LogP contribution in [0.4, 0.5) is 0 Å². The summed E-state index contributed by atoms with van der Waals surface area (Å²) in [6.07, 6.45) is 2.50. The third-order valence-corrected chi connectivity index (χ3v) is 7.00. The van der Waals surface area contributed by atoms with Crippen LogP contribution >= 0.6 is 0 Å². The van der Waals surface area contributed by atoms with Gasteiger partial charge in [-0.05, 0) is 58.4 Å². The highest BCUT2D eigenvalue weighted by molar-refractivity contribution is 5.79. The van der Waals surface area contributed by atoms with Crippen LogP contribution in [0.15, 0.2) is 47.0 Å². The number of carbonyl (C=O) groups is 1. The molecule has 0 radical (unpaired) electrons. The predicted octanol–water partition coefficient (Wildman–Crippen LogP) is 4.68. The summed E-state index contributed by atoms with van der Waals surface area (Å²) in [6, 6.07) is 13.7. The summed E-state index contributed by atoms with van der Waals surface area (Å²) in [5.74, 6) is 2.68. The van der Waals surface area contributed by atoms with Gasteiger partial charge in [-0.25, -0.2) is 0 Å². The first-order valence-electron chi connectivity index (χ1n) is 12.6. The van der Waals surface area contributed by atoms with Crippen molar-refractivity contribution in [2.45, 2.75) is 58.2 Å². The van der Waals surface area contributed by atoms with Gasteiger partial charge in [0.15, 0.2) is 0 Å². The first-order valence-corrected chi connectivity index (χ1v) is 12.6. The molecule has 1 aromatic heterocycles. The van der Waals surface area contributed by atoms with Crippen LogP contribution in [0.3, 0.4) is 0 Å². The van der Waals surface area contributed by atoms with Crippen LogP contribution in [0.2, 0.25) is 0 Å². The zero-order chi connectivity index (χ0) is 25.3. The van der Waals surface area contributed by atoms with Crippen molar-refractivity contribution in [1.82, 2.24) is 20.4 Å². The highest BCUT2D eigenvalue weighted by Crippen LogP contribution is 2.41. The summed E-state index contributed by atoms with van der Waals surface area (Å²) in [5, 5.41) is 7.46. The molecule has 2 aliphatic rings. The predicted molar refractivity (Wildman–Crippen MR) is 136 cm³/mol. The van der Waals surface area contributed by atoms with Gasteiger partial charge in [0.1, 0.15) is 17.1 Å². The maximum absolute atomic E-state index is 13.4. The number of aryl methyl sites for hydroxylation is 1. The third kappa shape index (κ3) is 5.38. The van der Waals surface area contributed by atoms with Gasteiger partial charge in [0.25, 0.3) is 0 Å². The van der Waals surface area contributed by atoms with Gasteiger partial charge in [0, 0.05) is 24.1 Å². The fourth-order valence-electron chi connectivity index (χ4n) is 5.12. The van der Waals surface area contributed by atoms with E-state index in [1.54, 1.807) is 7.11 Å². The maximum Gasteiger partial charge on any atom is 0.241 e. The molecule has 5 rings (SSSR count). The maximum atomic E-state index is 13.4. The number of benzene rings is 2. The van der Waals surface area contributed by atoms with Crippen molar-refractivity contribution >= 4 is 5.91 Å². The van der Waals surface area contributed by atoms with Gasteiger partial charge in [-0.1, -0.05) is 35.0 Å². The van der Waals surface area contributed by atoms with Gasteiger partial charge in [-0.2, -0.15) is 4.98 Å². The molecule has 2 atom stereocenters. The van der Waals surface area contributed by atoms with E-state index in [-0.39, 0.29) is 23.5 Å². The molecule has 2 aromatic carbocycles. The lowest BCUT2D eigenvalue weighted by molar-refractivity contribution is -0.128. The molecule has 2 aliphatic heterocycles. The average molecular weight is 491 g/mol. The molecule has 1 amide bonds. The summed E-state index contributed by atoms with van der Waals surface area (Å²) in [5.41, 5.74) is 2.71. The van der Waals surface area contributed by atoms with Crippen LogP contribution in [0.1, 0.15) is 56.2 Å². The standard InChI is InChI=1S/C28H34N4O4/c1-18-7-9-19(10-8-18)26-30-25(36-31-26)17-32-13-5-6-20(16-32)27(33)29-23-15-28(2,3)35-24-12-11-21(34-4)14-22(23)24/h7-12,14,20,23H,5-6,13,15-17H2,1-4H3,(H,29,33). The molecule has 8 nitrogen and oxygen atoms in total. The molecule has 190 valence electrons. The number of methoxy groups -OCH3 is 1. The quantitative estimate of drug-likeness (QED) is 0.536. The largest absolute Gasteiger partial charge is 0.497 e. The lowest BCUT2D eigenvalue weighted by Gasteiger charge is -2.39. The topological polar surface area (TPSA) is 89.7 Å². The molecule has 1 N–H and O–H groups in total. The number of aromatic nitrogens is 2. The SMILES string of the molecule is COc1ccc2c(c1)C(NC(=O)C1CCCN(Cc3nc(-c4ccc(C)cc4)no3)C1)CC(C)(C)O2. The smallest absolute Gasteiger partial charge is 0.241 e. The number of hydrogen-bond acceptors (Lipinski definition) is 7.